The van der Waals surface area contributed by atoms with Gasteiger partial charge in [0.15, 0.2) is 0 Å². The van der Waals surface area contributed by atoms with Gasteiger partial charge in [-0.1, -0.05) is 0 Å². The van der Waals surface area contributed by atoms with Crippen LogP contribution < -0.4 is 19.8 Å². The minimum atomic E-state index is -5.39. The van der Waals surface area contributed by atoms with Gasteiger partial charge >= 0.3 is 0 Å². The van der Waals surface area contributed by atoms with Crippen LogP contribution in [0.4, 0.5) is 0 Å². The first kappa shape index (κ1) is 16.0. The average molecular weight is 199 g/mol. The van der Waals surface area contributed by atoms with E-state index in [9.17, 15) is 0 Å². The van der Waals surface area contributed by atoms with E-state index < -0.39 is 14.3 Å². The molecule has 0 heterocycles. The minimum Gasteiger partial charge on any atom is -0.822 e. The van der Waals surface area contributed by atoms with Crippen molar-refractivity contribution in [2.24, 2.45) is 0 Å². The van der Waals surface area contributed by atoms with E-state index in [0.29, 0.717) is 0 Å². The number of carboxylic acid groups (broad SMARTS) is 1. The molecular weight excluding hydrogens is 198 g/mol. The zero-order valence-electron chi connectivity index (χ0n) is 3.81. The van der Waals surface area contributed by atoms with Gasteiger partial charge in [-0.15, -0.1) is 0 Å². The summed E-state index contributed by atoms with van der Waals surface area (Å²) in [6.45, 7) is -0.500. The zero-order valence-corrected chi connectivity index (χ0v) is 5.74. The van der Waals surface area contributed by atoms with Gasteiger partial charge in [0, 0.05) is 23.3 Å². The standard InChI is InChI=1S/CH2O2.Co.H3O4P/c2-1-3;;1-5(2,3)4/h1H,(H,2,3);;(H3,1,2,3,4)/p-4. The largest absolute Gasteiger partial charge is 0.822 e. The van der Waals surface area contributed by atoms with Gasteiger partial charge in [-0.3, -0.25) is 0 Å². The summed E-state index contributed by atoms with van der Waals surface area (Å²) < 4.78 is 8.55. The molecule has 0 saturated carbocycles. The molecule has 0 amide bonds. The van der Waals surface area contributed by atoms with Gasteiger partial charge in [0.2, 0.25) is 0 Å². The maximum atomic E-state index is 8.55. The van der Waals surface area contributed by atoms with E-state index in [-0.39, 0.29) is 16.8 Å². The van der Waals surface area contributed by atoms with Gasteiger partial charge in [-0.05, 0) is 0 Å². The second kappa shape index (κ2) is 8.09. The Kier molecular flexibility index (Phi) is 14.4. The third-order valence-electron chi connectivity index (χ3n) is 0. The van der Waals surface area contributed by atoms with Crippen molar-refractivity contribution in [1.82, 2.24) is 0 Å². The van der Waals surface area contributed by atoms with Crippen LogP contribution in [0.2, 0.25) is 0 Å². The second-order valence-electron chi connectivity index (χ2n) is 0.543. The Labute approximate surface area is 61.0 Å². The molecule has 0 saturated heterocycles. The van der Waals surface area contributed by atoms with Gasteiger partial charge in [0.05, 0.1) is 0 Å². The smallest absolute Gasteiger partial charge is 0.0275 e. The fourth-order valence-electron chi connectivity index (χ4n) is 0. The third-order valence-corrected chi connectivity index (χ3v) is 0. The van der Waals surface area contributed by atoms with E-state index in [1.54, 1.807) is 0 Å². The number of hydrogen-bond donors (Lipinski definition) is 0. The van der Waals surface area contributed by atoms with Gasteiger partial charge in [-0.2, -0.15) is 7.82 Å². The van der Waals surface area contributed by atoms with E-state index in [4.69, 9.17) is 29.1 Å². The Morgan fingerprint density at radius 1 is 1.22 bits per heavy atom. The van der Waals surface area contributed by atoms with E-state index in [0.717, 1.165) is 0 Å². The van der Waals surface area contributed by atoms with Crippen molar-refractivity contribution >= 4 is 14.3 Å². The van der Waals surface area contributed by atoms with Crippen LogP contribution in [0, 0.1) is 0 Å². The maximum Gasteiger partial charge on any atom is 0.0275 e. The normalized spacial score (nSPS) is 7.89. The van der Waals surface area contributed by atoms with Crippen LogP contribution in [-0.4, -0.2) is 6.47 Å². The van der Waals surface area contributed by atoms with Crippen LogP contribution >= 0.6 is 7.82 Å². The predicted octanol–water partition coefficient (Wildman–Crippen LogP) is -4.46. The van der Waals surface area contributed by atoms with Crippen LogP contribution in [0.1, 0.15) is 0 Å². The average Bonchev–Trinajstić information content (AvgIpc) is 1.27. The SMILES string of the molecule is O=C[O-].O=P([O-])([O-])[O-].[Co]. The summed E-state index contributed by atoms with van der Waals surface area (Å²) >= 11 is 0. The van der Waals surface area contributed by atoms with Crippen LogP contribution in [0.25, 0.3) is 0 Å². The van der Waals surface area contributed by atoms with Crippen LogP contribution in [0.5, 0.6) is 0 Å². The van der Waals surface area contributed by atoms with Crippen molar-refractivity contribution in [3.8, 4) is 0 Å². The van der Waals surface area contributed by atoms with E-state index in [1.807, 2.05) is 0 Å². The van der Waals surface area contributed by atoms with E-state index in [2.05, 4.69) is 0 Å². The second-order valence-corrected chi connectivity index (χ2v) is 1.44. The Morgan fingerprint density at radius 3 is 1.22 bits per heavy atom. The number of hydrogen-bond acceptors (Lipinski definition) is 6. The number of carbonyl (C=O) groups is 1. The van der Waals surface area contributed by atoms with E-state index in [1.165, 1.54) is 0 Å². The van der Waals surface area contributed by atoms with Gasteiger partial charge in [0.1, 0.15) is 0 Å². The quantitative estimate of drug-likeness (QED) is 0.286. The Morgan fingerprint density at radius 2 is 1.22 bits per heavy atom. The molecule has 0 aliphatic rings. The molecule has 0 aliphatic carbocycles. The molecule has 9 heavy (non-hydrogen) atoms. The predicted molar refractivity (Wildman–Crippen MR) is 13.7 cm³/mol. The van der Waals surface area contributed by atoms with Crippen LogP contribution in [-0.2, 0) is 26.1 Å². The molecule has 0 unspecified atom stereocenters. The molecule has 6 nitrogen and oxygen atoms in total. The van der Waals surface area contributed by atoms with E-state index >= 15 is 0 Å². The molecule has 0 spiro atoms. The first-order valence-electron chi connectivity index (χ1n) is 1.20. The molecule has 0 atom stereocenters. The summed E-state index contributed by atoms with van der Waals surface area (Å²) in [5.74, 6) is 0. The molecule has 0 aromatic heterocycles. The van der Waals surface area contributed by atoms with Crippen molar-refractivity contribution in [2.75, 3.05) is 0 Å². The molecule has 0 aliphatic heterocycles. The maximum absolute atomic E-state index is 8.55. The third kappa shape index (κ3) is 40000. The molecule has 59 valence electrons. The first-order chi connectivity index (χ1) is 3.41. The molecule has 0 N–H and O–H groups in total. The summed E-state index contributed by atoms with van der Waals surface area (Å²) in [4.78, 5) is 33.9. The summed E-state index contributed by atoms with van der Waals surface area (Å²) in [6.07, 6.45) is 0. The number of phosphoric acid groups is 1. The molecule has 0 bridgehead atoms. The molecule has 0 aromatic carbocycles. The summed E-state index contributed by atoms with van der Waals surface area (Å²) in [5.41, 5.74) is 0. The Bertz CT molecular complexity index is 87.0. The molecule has 0 fully saturated rings. The fourth-order valence-corrected chi connectivity index (χ4v) is 0. The molecule has 8 heteroatoms. The molecule has 0 aromatic rings. The molecular formula is CHCoO6P-4. The summed E-state index contributed by atoms with van der Waals surface area (Å²) in [6, 6.07) is 0. The summed E-state index contributed by atoms with van der Waals surface area (Å²) in [5, 5.41) is 8.25. The van der Waals surface area contributed by atoms with Gasteiger partial charge < -0.3 is 29.1 Å². The Balaban J connectivity index is -0.0000000800. The van der Waals surface area contributed by atoms with Crippen molar-refractivity contribution in [1.29, 1.82) is 0 Å². The fraction of sp³-hybridized carbons (Fsp3) is 0. The van der Waals surface area contributed by atoms with Crippen LogP contribution in [0.3, 0.4) is 0 Å². The number of carbonyl (C=O) groups excluding carboxylic acids is 1. The summed E-state index contributed by atoms with van der Waals surface area (Å²) in [7, 11) is -5.39. The monoisotopic (exact) mass is 199 g/mol. The van der Waals surface area contributed by atoms with Gasteiger partial charge in [0.25, 0.3) is 0 Å². The van der Waals surface area contributed by atoms with Crippen molar-refractivity contribution in [2.45, 2.75) is 0 Å². The van der Waals surface area contributed by atoms with Gasteiger partial charge in [-0.25, -0.2) is 0 Å². The topological polar surface area (TPSA) is 126 Å². The van der Waals surface area contributed by atoms with Crippen molar-refractivity contribution in [3.63, 3.8) is 0 Å². The zero-order chi connectivity index (χ0) is 7.21. The molecule has 0 rings (SSSR count). The van der Waals surface area contributed by atoms with Crippen molar-refractivity contribution in [3.05, 3.63) is 0 Å². The minimum absolute atomic E-state index is 0. The first-order valence-corrected chi connectivity index (χ1v) is 2.66. The Hall–Kier alpha value is 0.0865. The molecule has 1 radical (unpaired) electrons. The number of rotatable bonds is 0. The van der Waals surface area contributed by atoms with Crippen LogP contribution in [0.15, 0.2) is 0 Å². The van der Waals surface area contributed by atoms with Crippen molar-refractivity contribution < 1.29 is 45.9 Å².